The molecule has 2 fully saturated rings. The van der Waals surface area contributed by atoms with E-state index in [-0.39, 0.29) is 36.5 Å². The maximum absolute atomic E-state index is 13.7. The van der Waals surface area contributed by atoms with Crippen LogP contribution in [0, 0.1) is 0 Å². The first-order chi connectivity index (χ1) is 20.2. The fraction of sp³-hybridized carbons (Fsp3) is 0.545. The molecule has 1 saturated carbocycles. The monoisotopic (exact) mass is 578 g/mol. The Bertz CT molecular complexity index is 1200. The summed E-state index contributed by atoms with van der Waals surface area (Å²) in [5.41, 5.74) is 1.92. The van der Waals surface area contributed by atoms with Gasteiger partial charge in [-0.3, -0.25) is 9.59 Å². The molecule has 2 aromatic carbocycles. The summed E-state index contributed by atoms with van der Waals surface area (Å²) in [6.45, 7) is 6.81. The fourth-order valence-electron chi connectivity index (χ4n) is 5.76. The molecule has 42 heavy (non-hydrogen) atoms. The van der Waals surface area contributed by atoms with E-state index in [1.165, 1.54) is 6.42 Å². The highest BCUT2D eigenvalue weighted by atomic mass is 16.5. The van der Waals surface area contributed by atoms with Crippen molar-refractivity contribution in [2.45, 2.75) is 96.4 Å². The van der Waals surface area contributed by atoms with Gasteiger partial charge in [0.2, 0.25) is 5.91 Å². The van der Waals surface area contributed by atoms with Gasteiger partial charge in [-0.2, -0.15) is 0 Å². The predicted molar refractivity (Wildman–Crippen MR) is 164 cm³/mol. The van der Waals surface area contributed by atoms with Crippen molar-refractivity contribution >= 4 is 23.5 Å². The van der Waals surface area contributed by atoms with Crippen molar-refractivity contribution in [2.75, 3.05) is 24.5 Å². The van der Waals surface area contributed by atoms with E-state index in [1.54, 1.807) is 28.0 Å². The Morgan fingerprint density at radius 1 is 1.07 bits per heavy atom. The lowest BCUT2D eigenvalue weighted by Gasteiger charge is -2.32. The Kier molecular flexibility index (Phi) is 11.2. The van der Waals surface area contributed by atoms with Gasteiger partial charge in [0.15, 0.2) is 0 Å². The number of aliphatic hydroxyl groups is 1. The minimum absolute atomic E-state index is 0.0200. The zero-order valence-corrected chi connectivity index (χ0v) is 25.2. The number of amides is 4. The molecule has 1 heterocycles. The first-order valence-corrected chi connectivity index (χ1v) is 15.4. The van der Waals surface area contributed by atoms with Crippen LogP contribution in [0.4, 0.5) is 10.5 Å². The van der Waals surface area contributed by atoms with Crippen LogP contribution >= 0.6 is 0 Å². The van der Waals surface area contributed by atoms with E-state index in [1.807, 2.05) is 51.1 Å². The van der Waals surface area contributed by atoms with Crippen molar-refractivity contribution in [1.82, 2.24) is 15.5 Å². The number of hydrogen-bond donors (Lipinski definition) is 3. The number of likely N-dealkylation sites (N-methyl/N-ethyl adjacent to an activating group) is 1. The van der Waals surface area contributed by atoms with Crippen LogP contribution < -0.4 is 20.3 Å². The third kappa shape index (κ3) is 8.71. The molecular formula is C33H46N4O5. The largest absolute Gasteiger partial charge is 0.491 e. The van der Waals surface area contributed by atoms with Crippen molar-refractivity contribution in [3.05, 3.63) is 59.7 Å². The van der Waals surface area contributed by atoms with Crippen molar-refractivity contribution in [1.29, 1.82) is 0 Å². The second-order valence-corrected chi connectivity index (χ2v) is 11.7. The summed E-state index contributed by atoms with van der Waals surface area (Å²) in [7, 11) is 0. The second kappa shape index (κ2) is 15.0. The highest BCUT2D eigenvalue weighted by Gasteiger charge is 2.29. The van der Waals surface area contributed by atoms with Gasteiger partial charge in [0.1, 0.15) is 5.75 Å². The number of anilines is 1. The molecule has 2 aliphatic rings. The number of ether oxygens (including phenoxy) is 1. The summed E-state index contributed by atoms with van der Waals surface area (Å²) < 4.78 is 5.93. The number of nitrogens with one attached hydrogen (secondary N) is 2. The molecule has 3 N–H and O–H groups in total. The number of aliphatic hydroxyl groups excluding tert-OH is 1. The predicted octanol–water partition coefficient (Wildman–Crippen LogP) is 4.67. The Morgan fingerprint density at radius 3 is 2.45 bits per heavy atom. The van der Waals surface area contributed by atoms with E-state index < -0.39 is 12.1 Å². The molecule has 0 bridgehead atoms. The molecule has 0 aromatic heterocycles. The van der Waals surface area contributed by atoms with Gasteiger partial charge >= 0.3 is 6.03 Å². The van der Waals surface area contributed by atoms with Gasteiger partial charge in [0, 0.05) is 42.9 Å². The molecule has 9 nitrogen and oxygen atoms in total. The zero-order valence-electron chi connectivity index (χ0n) is 25.2. The van der Waals surface area contributed by atoms with Gasteiger partial charge in [-0.25, -0.2) is 4.79 Å². The minimum Gasteiger partial charge on any atom is -0.491 e. The average Bonchev–Trinajstić information content (AvgIpc) is 3.41. The maximum Gasteiger partial charge on any atom is 0.317 e. The summed E-state index contributed by atoms with van der Waals surface area (Å²) in [5.74, 6) is 0.141. The van der Waals surface area contributed by atoms with E-state index >= 15 is 0 Å². The number of urea groups is 1. The molecule has 1 saturated heterocycles. The SMILES string of the molecule is CCN(C[C@H](O)[C@H](Cc1ccccc1)NC(=O)c1cc(OC(C)C)cc(N2CCCC2=O)c1)C(=O)NC1CCCCC1. The lowest BCUT2D eigenvalue weighted by Crippen LogP contribution is -2.53. The quantitative estimate of drug-likeness (QED) is 0.339. The first-order valence-electron chi connectivity index (χ1n) is 15.4. The lowest BCUT2D eigenvalue weighted by atomic mass is 9.96. The molecule has 0 radical (unpaired) electrons. The minimum atomic E-state index is -1.01. The Balaban J connectivity index is 1.53. The molecule has 228 valence electrons. The smallest absolute Gasteiger partial charge is 0.317 e. The van der Waals surface area contributed by atoms with Gasteiger partial charge in [-0.15, -0.1) is 0 Å². The summed E-state index contributed by atoms with van der Waals surface area (Å²) in [6, 6.07) is 14.1. The van der Waals surface area contributed by atoms with Crippen molar-refractivity contribution < 1.29 is 24.2 Å². The standard InChI is InChI=1S/C33H46N4O5/c1-4-36(33(41)34-26-14-9-6-10-15-26)22-30(38)29(18-24-12-7-5-8-13-24)35-32(40)25-19-27(37-17-11-16-31(37)39)21-28(20-25)42-23(2)3/h5,7-8,12-13,19-21,23,26,29-30,38H,4,6,9-11,14-18,22H2,1-3H3,(H,34,41)(H,35,40)/t29-,30-/m0/s1. The summed E-state index contributed by atoms with van der Waals surface area (Å²) in [5, 5.41) is 17.6. The molecule has 0 spiro atoms. The van der Waals surface area contributed by atoms with Crippen molar-refractivity contribution in [3.8, 4) is 5.75 Å². The average molecular weight is 579 g/mol. The normalized spacial score (nSPS) is 17.2. The molecule has 2 atom stereocenters. The Morgan fingerprint density at radius 2 is 1.81 bits per heavy atom. The van der Waals surface area contributed by atoms with Crippen LogP contribution in [0.3, 0.4) is 0 Å². The highest BCUT2D eigenvalue weighted by Crippen LogP contribution is 2.28. The van der Waals surface area contributed by atoms with Gasteiger partial charge in [0.25, 0.3) is 5.91 Å². The molecule has 4 rings (SSSR count). The van der Waals surface area contributed by atoms with E-state index in [0.29, 0.717) is 42.9 Å². The topological polar surface area (TPSA) is 111 Å². The van der Waals surface area contributed by atoms with Gasteiger partial charge in [-0.05, 0) is 64.2 Å². The van der Waals surface area contributed by atoms with Crippen LogP contribution in [0.1, 0.15) is 81.6 Å². The van der Waals surface area contributed by atoms with E-state index in [4.69, 9.17) is 4.74 Å². The third-order valence-corrected chi connectivity index (χ3v) is 8.00. The molecule has 4 amide bonds. The third-order valence-electron chi connectivity index (χ3n) is 8.00. The second-order valence-electron chi connectivity index (χ2n) is 11.7. The van der Waals surface area contributed by atoms with Crippen LogP contribution in [0.15, 0.2) is 48.5 Å². The molecule has 0 unspecified atom stereocenters. The van der Waals surface area contributed by atoms with Crippen molar-refractivity contribution in [3.63, 3.8) is 0 Å². The van der Waals surface area contributed by atoms with Crippen LogP contribution in [-0.4, -0.2) is 71.8 Å². The fourth-order valence-corrected chi connectivity index (χ4v) is 5.76. The first kappa shape index (κ1) is 31.3. The number of carbonyl (C=O) groups excluding carboxylic acids is 3. The zero-order chi connectivity index (χ0) is 30.1. The number of rotatable bonds is 12. The van der Waals surface area contributed by atoms with Gasteiger partial charge < -0.3 is 30.3 Å². The summed E-state index contributed by atoms with van der Waals surface area (Å²) in [6.07, 6.45) is 5.88. The Labute approximate surface area is 249 Å². The van der Waals surface area contributed by atoms with Crippen LogP contribution in [0.2, 0.25) is 0 Å². The van der Waals surface area contributed by atoms with Gasteiger partial charge in [0.05, 0.1) is 24.8 Å². The maximum atomic E-state index is 13.7. The summed E-state index contributed by atoms with van der Waals surface area (Å²) >= 11 is 0. The number of benzene rings is 2. The lowest BCUT2D eigenvalue weighted by molar-refractivity contribution is -0.117. The number of hydrogen-bond acceptors (Lipinski definition) is 5. The van der Waals surface area contributed by atoms with E-state index in [2.05, 4.69) is 10.6 Å². The number of nitrogens with zero attached hydrogens (tertiary/aromatic N) is 2. The van der Waals surface area contributed by atoms with Crippen LogP contribution in [0.25, 0.3) is 0 Å². The van der Waals surface area contributed by atoms with E-state index in [0.717, 1.165) is 37.7 Å². The van der Waals surface area contributed by atoms with Crippen molar-refractivity contribution in [2.24, 2.45) is 0 Å². The highest BCUT2D eigenvalue weighted by molar-refractivity contribution is 5.99. The van der Waals surface area contributed by atoms with Gasteiger partial charge in [-0.1, -0.05) is 49.6 Å². The summed E-state index contributed by atoms with van der Waals surface area (Å²) in [4.78, 5) is 42.6. The number of carbonyl (C=O) groups is 3. The molecular weight excluding hydrogens is 532 g/mol. The van der Waals surface area contributed by atoms with Crippen LogP contribution in [0.5, 0.6) is 5.75 Å². The van der Waals surface area contributed by atoms with Crippen LogP contribution in [-0.2, 0) is 11.2 Å². The molecule has 1 aliphatic carbocycles. The van der Waals surface area contributed by atoms with E-state index in [9.17, 15) is 19.5 Å². The molecule has 9 heteroatoms. The molecule has 1 aliphatic heterocycles. The molecule has 2 aromatic rings. The Hall–Kier alpha value is -3.59.